The first kappa shape index (κ1) is 17.7. The maximum Gasteiger partial charge on any atom is 0.433 e. The highest BCUT2D eigenvalue weighted by atomic mass is 19.4. The number of carbonyl (C=O) groups excluding carboxylic acids is 1. The Hall–Kier alpha value is -2.12. The van der Waals surface area contributed by atoms with Gasteiger partial charge in [-0.2, -0.15) is 13.2 Å². The molecule has 0 saturated carbocycles. The molecule has 8 heteroatoms. The highest BCUT2D eigenvalue weighted by Crippen LogP contribution is 2.41. The summed E-state index contributed by atoms with van der Waals surface area (Å²) in [4.78, 5) is 21.7. The molecule has 0 aromatic carbocycles. The molecule has 1 saturated heterocycles. The monoisotopic (exact) mass is 355 g/mol. The van der Waals surface area contributed by atoms with Gasteiger partial charge in [-0.05, 0) is 30.7 Å². The van der Waals surface area contributed by atoms with Crippen molar-refractivity contribution < 1.29 is 22.7 Å². The lowest BCUT2D eigenvalue weighted by molar-refractivity contribution is -0.152. The summed E-state index contributed by atoms with van der Waals surface area (Å²) in [5.74, 6) is -0.414. The minimum absolute atomic E-state index is 0.0165. The van der Waals surface area contributed by atoms with Crippen LogP contribution in [0.1, 0.15) is 19.5 Å². The van der Waals surface area contributed by atoms with E-state index in [1.165, 1.54) is 0 Å². The number of hydrogen-bond acceptors (Lipinski definition) is 5. The predicted molar refractivity (Wildman–Crippen MR) is 84.7 cm³/mol. The quantitative estimate of drug-likeness (QED) is 0.616. The summed E-state index contributed by atoms with van der Waals surface area (Å²) in [5, 5.41) is 0. The Bertz CT molecular complexity index is 677. The van der Waals surface area contributed by atoms with E-state index in [-0.39, 0.29) is 35.6 Å². The van der Waals surface area contributed by atoms with Gasteiger partial charge in [0.1, 0.15) is 5.69 Å². The van der Waals surface area contributed by atoms with Gasteiger partial charge in [-0.3, -0.25) is 4.79 Å². The molecule has 0 unspecified atom stereocenters. The van der Waals surface area contributed by atoms with Crippen LogP contribution >= 0.6 is 0 Å². The Morgan fingerprint density at radius 2 is 2.12 bits per heavy atom. The molecule has 0 spiro atoms. The van der Waals surface area contributed by atoms with Crippen LogP contribution in [0, 0.1) is 23.7 Å². The van der Waals surface area contributed by atoms with Gasteiger partial charge >= 0.3 is 12.1 Å². The predicted octanol–water partition coefficient (Wildman–Crippen LogP) is 2.93. The van der Waals surface area contributed by atoms with Crippen LogP contribution in [0.25, 0.3) is 0 Å². The topological polar surface area (TPSA) is 55.3 Å². The molecule has 0 bridgehead atoms. The third-order valence-corrected chi connectivity index (χ3v) is 4.88. The lowest BCUT2D eigenvalue weighted by atomic mass is 9.72. The summed E-state index contributed by atoms with van der Waals surface area (Å²) < 4.78 is 43.8. The summed E-state index contributed by atoms with van der Waals surface area (Å²) in [7, 11) is 0. The van der Waals surface area contributed by atoms with Gasteiger partial charge < -0.3 is 9.64 Å². The number of allylic oxidation sites excluding steroid dienone is 1. The number of rotatable bonds is 3. The Morgan fingerprint density at radius 3 is 2.80 bits per heavy atom. The normalized spacial score (nSPS) is 28.8. The second-order valence-corrected chi connectivity index (χ2v) is 6.49. The average molecular weight is 355 g/mol. The average Bonchev–Trinajstić information content (AvgIpc) is 2.98. The molecule has 2 heterocycles. The van der Waals surface area contributed by atoms with Crippen molar-refractivity contribution in [2.24, 2.45) is 23.7 Å². The molecule has 0 radical (unpaired) electrons. The summed E-state index contributed by atoms with van der Waals surface area (Å²) in [6.07, 6.45) is 0.637. The van der Waals surface area contributed by atoms with Gasteiger partial charge in [0.25, 0.3) is 0 Å². The third-order valence-electron chi connectivity index (χ3n) is 4.88. The molecule has 1 fully saturated rings. The number of anilines is 1. The summed E-state index contributed by atoms with van der Waals surface area (Å²) in [6.45, 7) is 4.95. The Balaban J connectivity index is 1.83. The molecule has 5 nitrogen and oxygen atoms in total. The van der Waals surface area contributed by atoms with E-state index in [2.05, 4.69) is 9.97 Å². The van der Waals surface area contributed by atoms with E-state index >= 15 is 0 Å². The number of esters is 1. The molecule has 136 valence electrons. The van der Waals surface area contributed by atoms with E-state index in [9.17, 15) is 18.0 Å². The standard InChI is InChI=1S/C17H20F3N3O2/c1-3-25-15(24)14-10(2)4-5-11-8-23(9-12(11)14)16-21-7-6-13(22-16)17(18,19)20/h4-7,10-12,14H,3,8-9H2,1-2H3/t10-,11-,12-,14-/m0/s1. The van der Waals surface area contributed by atoms with Crippen molar-refractivity contribution in [3.05, 3.63) is 30.1 Å². The zero-order chi connectivity index (χ0) is 18.2. The van der Waals surface area contributed by atoms with Crippen molar-refractivity contribution >= 4 is 11.9 Å². The van der Waals surface area contributed by atoms with E-state index in [4.69, 9.17) is 4.74 Å². The lowest BCUT2D eigenvalue weighted by Gasteiger charge is -2.31. The van der Waals surface area contributed by atoms with Gasteiger partial charge in [0.2, 0.25) is 5.95 Å². The van der Waals surface area contributed by atoms with Crippen LogP contribution in [0.4, 0.5) is 19.1 Å². The number of carbonyl (C=O) groups is 1. The second kappa shape index (κ2) is 6.65. The number of alkyl halides is 3. The van der Waals surface area contributed by atoms with Gasteiger partial charge in [0.15, 0.2) is 0 Å². The highest BCUT2D eigenvalue weighted by Gasteiger charge is 2.45. The highest BCUT2D eigenvalue weighted by molar-refractivity contribution is 5.74. The molecule has 4 atom stereocenters. The number of halogens is 3. The lowest BCUT2D eigenvalue weighted by Crippen LogP contribution is -2.37. The van der Waals surface area contributed by atoms with E-state index in [1.54, 1.807) is 11.8 Å². The van der Waals surface area contributed by atoms with Gasteiger partial charge in [-0.15, -0.1) is 0 Å². The first-order valence-corrected chi connectivity index (χ1v) is 8.31. The molecule has 1 aliphatic heterocycles. The molecular formula is C17H20F3N3O2. The first-order valence-electron chi connectivity index (χ1n) is 8.31. The van der Waals surface area contributed by atoms with E-state index in [0.717, 1.165) is 12.3 Å². The second-order valence-electron chi connectivity index (χ2n) is 6.49. The van der Waals surface area contributed by atoms with Crippen molar-refractivity contribution in [1.29, 1.82) is 0 Å². The first-order chi connectivity index (χ1) is 11.8. The minimum Gasteiger partial charge on any atom is -0.466 e. The fourth-order valence-electron chi connectivity index (χ4n) is 3.72. The van der Waals surface area contributed by atoms with E-state index in [0.29, 0.717) is 19.7 Å². The molecule has 1 aliphatic carbocycles. The number of hydrogen-bond donors (Lipinski definition) is 0. The van der Waals surface area contributed by atoms with Crippen molar-refractivity contribution in [3.63, 3.8) is 0 Å². The van der Waals surface area contributed by atoms with Crippen LogP contribution in [0.3, 0.4) is 0 Å². The van der Waals surface area contributed by atoms with Crippen LogP contribution in [-0.2, 0) is 15.7 Å². The number of nitrogens with zero attached hydrogens (tertiary/aromatic N) is 3. The van der Waals surface area contributed by atoms with E-state index < -0.39 is 11.9 Å². The summed E-state index contributed by atoms with van der Waals surface area (Å²) in [6, 6.07) is 0.857. The maximum atomic E-state index is 12.9. The fourth-order valence-corrected chi connectivity index (χ4v) is 3.72. The maximum absolute atomic E-state index is 12.9. The van der Waals surface area contributed by atoms with Crippen LogP contribution in [0.2, 0.25) is 0 Å². The SMILES string of the molecule is CCOC(=O)[C@@H]1[C@H]2CN(c3nccc(C(F)(F)F)n3)C[C@@H]2C=C[C@@H]1C. The third kappa shape index (κ3) is 3.48. The zero-order valence-corrected chi connectivity index (χ0v) is 14.0. The smallest absolute Gasteiger partial charge is 0.433 e. The Kier molecular flexibility index (Phi) is 4.71. The molecule has 0 N–H and O–H groups in total. The minimum atomic E-state index is -4.51. The Labute approximate surface area is 143 Å². The summed E-state index contributed by atoms with van der Waals surface area (Å²) >= 11 is 0. The Morgan fingerprint density at radius 1 is 1.36 bits per heavy atom. The number of ether oxygens (including phenoxy) is 1. The molecule has 1 aromatic heterocycles. The van der Waals surface area contributed by atoms with Gasteiger partial charge in [0.05, 0.1) is 12.5 Å². The van der Waals surface area contributed by atoms with E-state index in [1.807, 2.05) is 19.1 Å². The largest absolute Gasteiger partial charge is 0.466 e. The molecule has 25 heavy (non-hydrogen) atoms. The zero-order valence-electron chi connectivity index (χ0n) is 14.0. The van der Waals surface area contributed by atoms with Crippen molar-refractivity contribution in [1.82, 2.24) is 9.97 Å². The molecular weight excluding hydrogens is 335 g/mol. The van der Waals surface area contributed by atoms with Gasteiger partial charge in [-0.1, -0.05) is 19.1 Å². The van der Waals surface area contributed by atoms with Crippen LogP contribution < -0.4 is 4.90 Å². The summed E-state index contributed by atoms with van der Waals surface area (Å²) in [5.41, 5.74) is -0.960. The molecule has 3 rings (SSSR count). The molecule has 0 amide bonds. The van der Waals surface area contributed by atoms with Crippen LogP contribution in [-0.4, -0.2) is 35.6 Å². The van der Waals surface area contributed by atoms with Gasteiger partial charge in [0, 0.05) is 19.3 Å². The fraction of sp³-hybridized carbons (Fsp3) is 0.588. The van der Waals surface area contributed by atoms with Crippen molar-refractivity contribution in [2.45, 2.75) is 20.0 Å². The van der Waals surface area contributed by atoms with Crippen molar-refractivity contribution in [3.8, 4) is 0 Å². The molecule has 1 aromatic rings. The van der Waals surface area contributed by atoms with Gasteiger partial charge in [-0.25, -0.2) is 9.97 Å². The molecule has 2 aliphatic rings. The van der Waals surface area contributed by atoms with Crippen LogP contribution in [0.5, 0.6) is 0 Å². The van der Waals surface area contributed by atoms with Crippen LogP contribution in [0.15, 0.2) is 24.4 Å². The number of fused-ring (bicyclic) bond motifs is 1. The van der Waals surface area contributed by atoms with Crippen molar-refractivity contribution in [2.75, 3.05) is 24.6 Å². The number of aromatic nitrogens is 2.